The Morgan fingerprint density at radius 2 is 2.25 bits per heavy atom. The number of nitrogens with zero attached hydrogens (tertiary/aromatic N) is 2. The standard InChI is InChI=1S/C17H21FN4O2/c1-10(2)16(22-7-3-4-15(22)23)17(24)19-9-14-20-12-6-5-11(18)8-13(12)21-14/h5-6,8,10,16H,3-4,7,9H2,1-2H3,(H,19,24)(H,20,21)/t16-/m1/s1. The van der Waals surface area contributed by atoms with Gasteiger partial charge in [0, 0.05) is 13.0 Å². The molecule has 0 saturated carbocycles. The summed E-state index contributed by atoms with van der Waals surface area (Å²) < 4.78 is 13.2. The highest BCUT2D eigenvalue weighted by Gasteiger charge is 2.34. The zero-order valence-corrected chi connectivity index (χ0v) is 13.8. The maximum Gasteiger partial charge on any atom is 0.243 e. The zero-order chi connectivity index (χ0) is 17.3. The van der Waals surface area contributed by atoms with Gasteiger partial charge in [-0.05, 0) is 30.5 Å². The predicted molar refractivity (Wildman–Crippen MR) is 87.5 cm³/mol. The molecule has 2 amide bonds. The van der Waals surface area contributed by atoms with Gasteiger partial charge >= 0.3 is 0 Å². The van der Waals surface area contributed by atoms with Crippen molar-refractivity contribution in [3.05, 3.63) is 29.8 Å². The van der Waals surface area contributed by atoms with E-state index in [1.165, 1.54) is 12.1 Å². The average Bonchev–Trinajstić information content (AvgIpc) is 3.11. The Morgan fingerprint density at radius 3 is 2.92 bits per heavy atom. The van der Waals surface area contributed by atoms with Crippen molar-refractivity contribution in [3.8, 4) is 0 Å². The minimum atomic E-state index is -0.471. The summed E-state index contributed by atoms with van der Waals surface area (Å²) in [6.45, 7) is 4.69. The number of imidazole rings is 1. The lowest BCUT2D eigenvalue weighted by atomic mass is 10.0. The number of carbonyl (C=O) groups is 2. The highest BCUT2D eigenvalue weighted by molar-refractivity contribution is 5.88. The number of nitrogens with one attached hydrogen (secondary N) is 2. The van der Waals surface area contributed by atoms with Gasteiger partial charge in [0.05, 0.1) is 17.6 Å². The van der Waals surface area contributed by atoms with Crippen molar-refractivity contribution < 1.29 is 14.0 Å². The molecule has 2 heterocycles. The first-order valence-electron chi connectivity index (χ1n) is 8.17. The van der Waals surface area contributed by atoms with Crippen LogP contribution in [0.15, 0.2) is 18.2 Å². The molecule has 24 heavy (non-hydrogen) atoms. The summed E-state index contributed by atoms with van der Waals surface area (Å²) in [5.41, 5.74) is 1.24. The monoisotopic (exact) mass is 332 g/mol. The van der Waals surface area contributed by atoms with Crippen molar-refractivity contribution >= 4 is 22.8 Å². The summed E-state index contributed by atoms with van der Waals surface area (Å²) in [5.74, 6) is 0.0834. The second-order valence-corrected chi connectivity index (χ2v) is 6.44. The molecule has 1 aliphatic heterocycles. The molecule has 0 unspecified atom stereocenters. The number of halogens is 1. The molecule has 128 valence electrons. The van der Waals surface area contributed by atoms with E-state index in [2.05, 4.69) is 15.3 Å². The van der Waals surface area contributed by atoms with Gasteiger partial charge in [-0.2, -0.15) is 0 Å². The Balaban J connectivity index is 1.69. The third-order valence-corrected chi connectivity index (χ3v) is 4.27. The number of fused-ring (bicyclic) bond motifs is 1. The Morgan fingerprint density at radius 1 is 1.46 bits per heavy atom. The van der Waals surface area contributed by atoms with Crippen LogP contribution in [-0.2, 0) is 16.1 Å². The molecule has 1 aliphatic rings. The maximum atomic E-state index is 13.2. The van der Waals surface area contributed by atoms with E-state index in [-0.39, 0.29) is 30.1 Å². The zero-order valence-electron chi connectivity index (χ0n) is 13.8. The van der Waals surface area contributed by atoms with Crippen LogP contribution in [0.25, 0.3) is 11.0 Å². The van der Waals surface area contributed by atoms with Crippen LogP contribution >= 0.6 is 0 Å². The summed E-state index contributed by atoms with van der Waals surface area (Å²) in [6.07, 6.45) is 1.30. The van der Waals surface area contributed by atoms with E-state index in [9.17, 15) is 14.0 Å². The SMILES string of the molecule is CC(C)[C@H](C(=O)NCc1nc2ccc(F)cc2[nH]1)N1CCCC1=O. The molecule has 2 aromatic rings. The first-order chi connectivity index (χ1) is 11.5. The molecule has 0 aliphatic carbocycles. The number of benzene rings is 1. The molecule has 1 saturated heterocycles. The fraction of sp³-hybridized carbons (Fsp3) is 0.471. The lowest BCUT2D eigenvalue weighted by Gasteiger charge is -2.29. The number of likely N-dealkylation sites (tertiary alicyclic amines) is 1. The highest BCUT2D eigenvalue weighted by Crippen LogP contribution is 2.19. The average molecular weight is 332 g/mol. The van der Waals surface area contributed by atoms with E-state index in [0.29, 0.717) is 29.8 Å². The Hall–Kier alpha value is -2.44. The van der Waals surface area contributed by atoms with Gasteiger partial charge in [-0.3, -0.25) is 9.59 Å². The van der Waals surface area contributed by atoms with Crippen LogP contribution in [0.1, 0.15) is 32.5 Å². The van der Waals surface area contributed by atoms with Gasteiger partial charge in [-0.25, -0.2) is 9.37 Å². The van der Waals surface area contributed by atoms with E-state index in [4.69, 9.17) is 0 Å². The first kappa shape index (κ1) is 16.4. The van der Waals surface area contributed by atoms with Gasteiger partial charge < -0.3 is 15.2 Å². The number of hydrogen-bond acceptors (Lipinski definition) is 3. The van der Waals surface area contributed by atoms with Crippen molar-refractivity contribution in [1.82, 2.24) is 20.2 Å². The van der Waals surface area contributed by atoms with Crippen LogP contribution in [0.2, 0.25) is 0 Å². The van der Waals surface area contributed by atoms with Gasteiger partial charge in [-0.15, -0.1) is 0 Å². The normalized spacial score (nSPS) is 16.2. The van der Waals surface area contributed by atoms with E-state index >= 15 is 0 Å². The van der Waals surface area contributed by atoms with Crippen molar-refractivity contribution in [2.24, 2.45) is 5.92 Å². The lowest BCUT2D eigenvalue weighted by Crippen LogP contribution is -2.50. The maximum absolute atomic E-state index is 13.2. The molecule has 1 fully saturated rings. The van der Waals surface area contributed by atoms with Crippen molar-refractivity contribution in [2.45, 2.75) is 39.3 Å². The number of carbonyl (C=O) groups excluding carboxylic acids is 2. The molecule has 7 heteroatoms. The van der Waals surface area contributed by atoms with Crippen LogP contribution in [0.4, 0.5) is 4.39 Å². The van der Waals surface area contributed by atoms with Crippen LogP contribution in [-0.4, -0.2) is 39.3 Å². The number of aromatic nitrogens is 2. The largest absolute Gasteiger partial charge is 0.347 e. The minimum Gasteiger partial charge on any atom is -0.347 e. The second-order valence-electron chi connectivity index (χ2n) is 6.44. The van der Waals surface area contributed by atoms with E-state index in [1.54, 1.807) is 11.0 Å². The molecule has 0 radical (unpaired) electrons. The van der Waals surface area contributed by atoms with Crippen LogP contribution in [0.3, 0.4) is 0 Å². The number of aromatic amines is 1. The molecule has 0 bridgehead atoms. The Kier molecular flexibility index (Phi) is 4.51. The van der Waals surface area contributed by atoms with Gasteiger partial charge in [0.1, 0.15) is 17.7 Å². The van der Waals surface area contributed by atoms with Crippen LogP contribution < -0.4 is 5.32 Å². The van der Waals surface area contributed by atoms with E-state index in [1.807, 2.05) is 13.8 Å². The molecular weight excluding hydrogens is 311 g/mol. The molecule has 6 nitrogen and oxygen atoms in total. The van der Waals surface area contributed by atoms with Crippen molar-refractivity contribution in [1.29, 1.82) is 0 Å². The van der Waals surface area contributed by atoms with Crippen molar-refractivity contribution in [3.63, 3.8) is 0 Å². The number of hydrogen-bond donors (Lipinski definition) is 2. The highest BCUT2D eigenvalue weighted by atomic mass is 19.1. The fourth-order valence-electron chi connectivity index (χ4n) is 3.16. The summed E-state index contributed by atoms with van der Waals surface area (Å²) in [4.78, 5) is 33.5. The summed E-state index contributed by atoms with van der Waals surface area (Å²) in [6, 6.07) is 3.83. The van der Waals surface area contributed by atoms with Crippen LogP contribution in [0, 0.1) is 11.7 Å². The Bertz CT molecular complexity index is 771. The molecular formula is C17H21FN4O2. The molecule has 0 spiro atoms. The third-order valence-electron chi connectivity index (χ3n) is 4.27. The van der Waals surface area contributed by atoms with Crippen molar-refractivity contribution in [2.75, 3.05) is 6.54 Å². The number of rotatable bonds is 5. The minimum absolute atomic E-state index is 0.0248. The van der Waals surface area contributed by atoms with E-state index in [0.717, 1.165) is 6.42 Å². The topological polar surface area (TPSA) is 78.1 Å². The van der Waals surface area contributed by atoms with Gasteiger partial charge in [0.25, 0.3) is 0 Å². The molecule has 1 aromatic carbocycles. The van der Waals surface area contributed by atoms with E-state index < -0.39 is 6.04 Å². The molecule has 2 N–H and O–H groups in total. The van der Waals surface area contributed by atoms with Crippen LogP contribution in [0.5, 0.6) is 0 Å². The smallest absolute Gasteiger partial charge is 0.243 e. The number of H-pyrrole nitrogens is 1. The lowest BCUT2D eigenvalue weighted by molar-refractivity contribution is -0.139. The Labute approximate surface area is 139 Å². The predicted octanol–water partition coefficient (Wildman–Crippen LogP) is 1.97. The molecule has 3 rings (SSSR count). The third kappa shape index (κ3) is 3.25. The van der Waals surface area contributed by atoms with Gasteiger partial charge in [0.2, 0.25) is 11.8 Å². The second kappa shape index (κ2) is 6.59. The molecule has 1 atom stereocenters. The summed E-state index contributed by atoms with van der Waals surface area (Å²) in [7, 11) is 0. The van der Waals surface area contributed by atoms with Gasteiger partial charge in [0.15, 0.2) is 0 Å². The summed E-state index contributed by atoms with van der Waals surface area (Å²) in [5, 5.41) is 2.83. The first-order valence-corrected chi connectivity index (χ1v) is 8.17. The van der Waals surface area contributed by atoms with Gasteiger partial charge in [-0.1, -0.05) is 13.8 Å². The summed E-state index contributed by atoms with van der Waals surface area (Å²) >= 11 is 0. The molecule has 1 aromatic heterocycles. The fourth-order valence-corrected chi connectivity index (χ4v) is 3.16. The number of amides is 2. The quantitative estimate of drug-likeness (QED) is 0.879.